The monoisotopic (exact) mass is 598 g/mol. The normalized spacial score (nSPS) is 13.5. The van der Waals surface area contributed by atoms with Crippen molar-refractivity contribution in [2.75, 3.05) is 32.1 Å². The van der Waals surface area contributed by atoms with Gasteiger partial charge in [-0.05, 0) is 71.2 Å². The van der Waals surface area contributed by atoms with E-state index in [4.69, 9.17) is 9.84 Å². The van der Waals surface area contributed by atoms with Crippen LogP contribution in [0, 0.1) is 5.82 Å². The number of rotatable bonds is 12. The number of halogens is 1. The number of pyridine rings is 2. The summed E-state index contributed by atoms with van der Waals surface area (Å²) in [6.07, 6.45) is 8.48. The Kier molecular flexibility index (Phi) is 9.22. The third-order valence-electron chi connectivity index (χ3n) is 7.56. The number of hydrogen-bond donors (Lipinski definition) is 3. The van der Waals surface area contributed by atoms with Gasteiger partial charge in [0.1, 0.15) is 23.9 Å². The summed E-state index contributed by atoms with van der Waals surface area (Å²) in [5, 5.41) is 23.2. The van der Waals surface area contributed by atoms with Crippen LogP contribution >= 0.6 is 0 Å². The Morgan fingerprint density at radius 1 is 1.18 bits per heavy atom. The molecule has 2 heterocycles. The zero-order chi connectivity index (χ0) is 31.4. The molecule has 2 aromatic heterocycles. The first-order valence-corrected chi connectivity index (χ1v) is 14.3. The third kappa shape index (κ3) is 6.41. The number of benzene rings is 2. The molecule has 228 valence electrons. The molecule has 0 bridgehead atoms. The van der Waals surface area contributed by atoms with Crippen LogP contribution in [0.25, 0.3) is 27.6 Å². The van der Waals surface area contributed by atoms with Gasteiger partial charge in [-0.15, -0.1) is 0 Å². The molecule has 0 spiro atoms. The number of aromatic nitrogens is 2. The highest BCUT2D eigenvalue weighted by atomic mass is 19.1. The van der Waals surface area contributed by atoms with E-state index in [9.17, 15) is 14.7 Å². The van der Waals surface area contributed by atoms with Crippen LogP contribution in [0.3, 0.4) is 0 Å². The molecule has 5 rings (SSSR count). The highest BCUT2D eigenvalue weighted by Crippen LogP contribution is 2.41. The minimum atomic E-state index is -0.551. The van der Waals surface area contributed by atoms with Crippen molar-refractivity contribution in [1.82, 2.24) is 9.13 Å². The first kappa shape index (κ1) is 30.7. The van der Waals surface area contributed by atoms with E-state index >= 15 is 4.39 Å². The molecule has 1 aliphatic rings. The summed E-state index contributed by atoms with van der Waals surface area (Å²) >= 11 is 0. The average molecular weight is 599 g/mol. The van der Waals surface area contributed by atoms with Crippen LogP contribution in [0.15, 0.2) is 93.4 Å². The van der Waals surface area contributed by atoms with Gasteiger partial charge in [-0.2, -0.15) is 0 Å². The summed E-state index contributed by atoms with van der Waals surface area (Å²) < 4.78 is 23.4. The Bertz CT molecular complexity index is 1900. The molecule has 1 saturated carbocycles. The SMILES string of the molecule is C=C(/C=C(\C=N/C)OCCO)CNc1cc(-c2cccc(-n3ccc4cc(C5CC5)cc(F)c4c3=O)c2CO)cn(C)c1=O. The fourth-order valence-electron chi connectivity index (χ4n) is 5.28. The highest BCUT2D eigenvalue weighted by Gasteiger charge is 2.25. The quantitative estimate of drug-likeness (QED) is 0.126. The number of hydrogen-bond acceptors (Lipinski definition) is 7. The molecule has 0 amide bonds. The van der Waals surface area contributed by atoms with Crippen molar-refractivity contribution in [3.8, 4) is 16.8 Å². The van der Waals surface area contributed by atoms with E-state index in [1.807, 2.05) is 6.07 Å². The van der Waals surface area contributed by atoms with Gasteiger partial charge in [0.25, 0.3) is 11.1 Å². The van der Waals surface area contributed by atoms with E-state index in [1.165, 1.54) is 21.4 Å². The van der Waals surface area contributed by atoms with Gasteiger partial charge in [0.15, 0.2) is 0 Å². The number of allylic oxidation sites excluding steroid dienone is 1. The molecule has 0 saturated heterocycles. The second-order valence-electron chi connectivity index (χ2n) is 10.8. The Labute approximate surface area is 253 Å². The zero-order valence-electron chi connectivity index (χ0n) is 24.7. The third-order valence-corrected chi connectivity index (χ3v) is 7.56. The van der Waals surface area contributed by atoms with E-state index in [-0.39, 0.29) is 30.7 Å². The number of aliphatic hydroxyl groups excluding tert-OH is 2. The Hall–Kier alpha value is -4.80. The molecule has 0 aliphatic heterocycles. The van der Waals surface area contributed by atoms with Gasteiger partial charge >= 0.3 is 0 Å². The zero-order valence-corrected chi connectivity index (χ0v) is 24.7. The number of aliphatic imine (C=N–C) groups is 1. The first-order chi connectivity index (χ1) is 21.2. The summed E-state index contributed by atoms with van der Waals surface area (Å²) in [5.74, 6) is 0.222. The minimum absolute atomic E-state index is 0.00388. The number of aryl methyl sites for hydroxylation is 1. The van der Waals surface area contributed by atoms with Crippen LogP contribution in [0.4, 0.5) is 10.1 Å². The van der Waals surface area contributed by atoms with Gasteiger partial charge in [-0.3, -0.25) is 19.1 Å². The lowest BCUT2D eigenvalue weighted by atomic mass is 9.98. The van der Waals surface area contributed by atoms with E-state index in [0.717, 1.165) is 18.4 Å². The Morgan fingerprint density at radius 3 is 2.68 bits per heavy atom. The lowest BCUT2D eigenvalue weighted by Crippen LogP contribution is -2.22. The molecule has 4 aromatic rings. The standard InChI is InChI=1S/C34H35FN4O5/c1-21(13-26(18-36-2)44-12-11-40)17-37-30-16-25(19-38(3)33(30)42)27-5-4-6-31(28(27)20-41)39-10-9-23-14-24(22-7-8-22)15-29(35)32(23)34(39)43/h4-6,9-10,13-16,18-19,22,37,40-41H,1,7-8,11-12,17,20H2,2-3H3/b26-13+,36-18-. The molecular formula is C34H35FN4O5. The predicted octanol–water partition coefficient (Wildman–Crippen LogP) is 4.43. The van der Waals surface area contributed by atoms with Crippen molar-refractivity contribution in [2.45, 2.75) is 25.4 Å². The summed E-state index contributed by atoms with van der Waals surface area (Å²) in [6, 6.07) is 12.0. The van der Waals surface area contributed by atoms with Gasteiger partial charge in [0.2, 0.25) is 0 Å². The number of fused-ring (bicyclic) bond motifs is 1. The van der Waals surface area contributed by atoms with E-state index in [0.29, 0.717) is 50.7 Å². The second-order valence-corrected chi connectivity index (χ2v) is 10.8. The second kappa shape index (κ2) is 13.2. The molecule has 0 unspecified atom stereocenters. The number of nitrogens with zero attached hydrogens (tertiary/aromatic N) is 3. The van der Waals surface area contributed by atoms with E-state index in [2.05, 4.69) is 16.9 Å². The molecule has 3 N–H and O–H groups in total. The molecule has 2 aromatic carbocycles. The predicted molar refractivity (Wildman–Crippen MR) is 171 cm³/mol. The average Bonchev–Trinajstić information content (AvgIpc) is 3.86. The molecule has 1 aliphatic carbocycles. The molecule has 44 heavy (non-hydrogen) atoms. The summed E-state index contributed by atoms with van der Waals surface area (Å²) in [6.45, 7) is 3.79. The summed E-state index contributed by atoms with van der Waals surface area (Å²) in [7, 11) is 3.22. The largest absolute Gasteiger partial charge is 0.490 e. The fraction of sp³-hybridized carbons (Fsp3) is 0.265. The number of anilines is 1. The molecule has 10 heteroatoms. The molecule has 0 radical (unpaired) electrons. The maximum atomic E-state index is 15.2. The van der Waals surface area contributed by atoms with Crippen molar-refractivity contribution >= 4 is 22.7 Å². The van der Waals surface area contributed by atoms with Crippen LogP contribution in [0.1, 0.15) is 29.9 Å². The topological polar surface area (TPSA) is 118 Å². The Morgan fingerprint density at radius 2 is 1.98 bits per heavy atom. The maximum absolute atomic E-state index is 15.2. The summed E-state index contributed by atoms with van der Waals surface area (Å²) in [5.41, 5.74) is 3.13. The summed E-state index contributed by atoms with van der Waals surface area (Å²) in [4.78, 5) is 30.5. The van der Waals surface area contributed by atoms with E-state index in [1.54, 1.807) is 62.9 Å². The number of nitrogens with one attached hydrogen (secondary N) is 1. The van der Waals surface area contributed by atoms with Crippen molar-refractivity contribution in [1.29, 1.82) is 0 Å². The Balaban J connectivity index is 1.50. The molecule has 9 nitrogen and oxygen atoms in total. The van der Waals surface area contributed by atoms with E-state index < -0.39 is 18.0 Å². The molecular weight excluding hydrogens is 563 g/mol. The van der Waals surface area contributed by atoms with Crippen molar-refractivity contribution in [3.05, 3.63) is 116 Å². The number of aliphatic hydroxyl groups is 2. The van der Waals surface area contributed by atoms with Crippen molar-refractivity contribution in [2.24, 2.45) is 12.0 Å². The van der Waals surface area contributed by atoms with Gasteiger partial charge in [-0.25, -0.2) is 4.39 Å². The molecule has 1 fully saturated rings. The van der Waals surface area contributed by atoms with Crippen LogP contribution in [-0.4, -0.2) is 52.4 Å². The number of ether oxygens (including phenoxy) is 1. The first-order valence-electron chi connectivity index (χ1n) is 14.3. The molecule has 0 atom stereocenters. The van der Waals surface area contributed by atoms with Crippen LogP contribution in [-0.2, 0) is 18.4 Å². The van der Waals surface area contributed by atoms with Crippen LogP contribution in [0.2, 0.25) is 0 Å². The highest BCUT2D eigenvalue weighted by molar-refractivity contribution is 5.84. The van der Waals surface area contributed by atoms with Gasteiger partial charge in [0, 0.05) is 44.2 Å². The lowest BCUT2D eigenvalue weighted by molar-refractivity contribution is 0.156. The van der Waals surface area contributed by atoms with Crippen molar-refractivity contribution in [3.63, 3.8) is 0 Å². The smallest absolute Gasteiger partial charge is 0.273 e. The fourth-order valence-corrected chi connectivity index (χ4v) is 5.28. The maximum Gasteiger partial charge on any atom is 0.273 e. The minimum Gasteiger partial charge on any atom is -0.490 e. The van der Waals surface area contributed by atoms with Gasteiger partial charge in [0.05, 0.1) is 30.5 Å². The lowest BCUT2D eigenvalue weighted by Gasteiger charge is -2.17. The van der Waals surface area contributed by atoms with Gasteiger partial charge in [-0.1, -0.05) is 24.8 Å². The van der Waals surface area contributed by atoms with Gasteiger partial charge < -0.3 is 24.8 Å². The van der Waals surface area contributed by atoms with Crippen molar-refractivity contribution < 1.29 is 19.3 Å². The van der Waals surface area contributed by atoms with Crippen LogP contribution < -0.4 is 16.4 Å². The van der Waals surface area contributed by atoms with Crippen LogP contribution in [0.5, 0.6) is 0 Å².